The number of halogens is 2. The van der Waals surface area contributed by atoms with Crippen molar-refractivity contribution < 1.29 is 4.79 Å². The van der Waals surface area contributed by atoms with E-state index in [2.05, 4.69) is 37.2 Å². The van der Waals surface area contributed by atoms with Crippen molar-refractivity contribution in [2.24, 2.45) is 5.73 Å². The summed E-state index contributed by atoms with van der Waals surface area (Å²) in [4.78, 5) is 12.8. The van der Waals surface area contributed by atoms with E-state index in [1.165, 1.54) is 0 Å². The highest BCUT2D eigenvalue weighted by Crippen LogP contribution is 2.32. The van der Waals surface area contributed by atoms with E-state index < -0.39 is 6.04 Å². The van der Waals surface area contributed by atoms with Gasteiger partial charge in [-0.3, -0.25) is 4.79 Å². The summed E-state index contributed by atoms with van der Waals surface area (Å²) in [5, 5.41) is 3.13. The highest BCUT2D eigenvalue weighted by atomic mass is 79.9. The first-order valence-electron chi connectivity index (χ1n) is 9.00. The van der Waals surface area contributed by atoms with Crippen LogP contribution in [-0.4, -0.2) is 5.91 Å². The molecule has 3 aromatic carbocycles. The molecule has 2 atom stereocenters. The molecule has 0 radical (unpaired) electrons. The number of aryl methyl sites for hydroxylation is 2. The van der Waals surface area contributed by atoms with Crippen LogP contribution in [0.3, 0.4) is 0 Å². The highest BCUT2D eigenvalue weighted by Gasteiger charge is 2.25. The molecule has 0 aromatic heterocycles. The molecule has 0 aliphatic rings. The summed E-state index contributed by atoms with van der Waals surface area (Å²) >= 11 is 7.17. The molecular formula is C23H22Br2N2O. The molecule has 3 aromatic rings. The van der Waals surface area contributed by atoms with Crippen LogP contribution in [0.15, 0.2) is 75.7 Å². The summed E-state index contributed by atoms with van der Waals surface area (Å²) in [6, 6.07) is 20.5. The average molecular weight is 502 g/mol. The lowest BCUT2D eigenvalue weighted by Crippen LogP contribution is -2.36. The monoisotopic (exact) mass is 500 g/mol. The molecule has 0 aliphatic carbocycles. The summed E-state index contributed by atoms with van der Waals surface area (Å²) in [6.45, 7) is 4.06. The largest absolute Gasteiger partial charge is 0.343 e. The SMILES string of the molecule is Cc1ccc([C@@H](N)[C@@H](NC(=O)c2ccccc2)c2ccc(C)c(Br)c2)cc1Br. The molecule has 3 rings (SSSR count). The number of amides is 1. The molecule has 28 heavy (non-hydrogen) atoms. The maximum absolute atomic E-state index is 12.8. The van der Waals surface area contributed by atoms with Crippen LogP contribution in [0.5, 0.6) is 0 Å². The number of carbonyl (C=O) groups is 1. The fraction of sp³-hybridized carbons (Fsp3) is 0.174. The van der Waals surface area contributed by atoms with Crippen molar-refractivity contribution in [3.05, 3.63) is 103 Å². The van der Waals surface area contributed by atoms with Crippen molar-refractivity contribution in [3.63, 3.8) is 0 Å². The Balaban J connectivity index is 1.98. The molecule has 5 heteroatoms. The minimum Gasteiger partial charge on any atom is -0.343 e. The molecule has 0 heterocycles. The number of hydrogen-bond donors (Lipinski definition) is 2. The van der Waals surface area contributed by atoms with Crippen molar-refractivity contribution >= 4 is 37.8 Å². The van der Waals surface area contributed by atoms with E-state index in [0.717, 1.165) is 31.2 Å². The van der Waals surface area contributed by atoms with Crippen LogP contribution in [0.4, 0.5) is 0 Å². The van der Waals surface area contributed by atoms with Crippen LogP contribution in [0.1, 0.15) is 44.7 Å². The Bertz CT molecular complexity index is 989. The molecule has 0 fully saturated rings. The first-order valence-corrected chi connectivity index (χ1v) is 10.6. The van der Waals surface area contributed by atoms with E-state index in [0.29, 0.717) is 5.56 Å². The number of nitrogens with two attached hydrogens (primary N) is 1. The molecule has 0 saturated heterocycles. The molecule has 0 unspecified atom stereocenters. The maximum Gasteiger partial charge on any atom is 0.251 e. The Kier molecular flexibility index (Phi) is 6.70. The van der Waals surface area contributed by atoms with E-state index in [1.807, 2.05) is 68.4 Å². The minimum atomic E-state index is -0.404. The standard InChI is InChI=1S/C23H22Br2N2O/c1-14-8-10-17(12-19(14)24)21(26)22(18-11-9-15(2)20(25)13-18)27-23(28)16-6-4-3-5-7-16/h3-13,21-22H,26H2,1-2H3,(H,27,28)/t21-,22+/m1/s1. The van der Waals surface area contributed by atoms with Gasteiger partial charge in [-0.1, -0.05) is 74.3 Å². The van der Waals surface area contributed by atoms with Crippen LogP contribution >= 0.6 is 31.9 Å². The Morgan fingerprint density at radius 3 is 1.96 bits per heavy atom. The third-order valence-corrected chi connectivity index (χ3v) is 6.53. The Hall–Kier alpha value is -1.95. The Morgan fingerprint density at radius 2 is 1.39 bits per heavy atom. The number of carbonyl (C=O) groups excluding carboxylic acids is 1. The van der Waals surface area contributed by atoms with Gasteiger partial charge in [-0.15, -0.1) is 0 Å². The normalized spacial score (nSPS) is 13.0. The van der Waals surface area contributed by atoms with Crippen molar-refractivity contribution in [3.8, 4) is 0 Å². The first kappa shape index (κ1) is 20.8. The lowest BCUT2D eigenvalue weighted by Gasteiger charge is -2.27. The van der Waals surface area contributed by atoms with Gasteiger partial charge in [-0.25, -0.2) is 0 Å². The molecule has 144 valence electrons. The smallest absolute Gasteiger partial charge is 0.251 e. The zero-order valence-corrected chi connectivity index (χ0v) is 18.9. The van der Waals surface area contributed by atoms with Crippen LogP contribution in [0, 0.1) is 13.8 Å². The van der Waals surface area contributed by atoms with E-state index in [4.69, 9.17) is 5.73 Å². The van der Waals surface area contributed by atoms with Gasteiger partial charge >= 0.3 is 0 Å². The second-order valence-electron chi connectivity index (χ2n) is 6.86. The molecule has 0 bridgehead atoms. The summed E-state index contributed by atoms with van der Waals surface area (Å²) in [5.41, 5.74) is 11.4. The lowest BCUT2D eigenvalue weighted by molar-refractivity contribution is 0.0930. The fourth-order valence-corrected chi connectivity index (χ4v) is 3.80. The third kappa shape index (κ3) is 4.72. The molecule has 3 nitrogen and oxygen atoms in total. The lowest BCUT2D eigenvalue weighted by atomic mass is 9.92. The quantitative estimate of drug-likeness (QED) is 0.450. The molecule has 1 amide bonds. The summed E-state index contributed by atoms with van der Waals surface area (Å²) in [5.74, 6) is -0.149. The third-order valence-electron chi connectivity index (χ3n) is 4.82. The maximum atomic E-state index is 12.8. The molecule has 0 saturated carbocycles. The van der Waals surface area contributed by atoms with Gasteiger partial charge in [-0.05, 0) is 60.4 Å². The molecular weight excluding hydrogens is 480 g/mol. The van der Waals surface area contributed by atoms with Crippen LogP contribution in [0.2, 0.25) is 0 Å². The second-order valence-corrected chi connectivity index (χ2v) is 8.57. The van der Waals surface area contributed by atoms with Crippen molar-refractivity contribution in [2.45, 2.75) is 25.9 Å². The number of benzene rings is 3. The zero-order chi connectivity index (χ0) is 20.3. The van der Waals surface area contributed by atoms with Crippen molar-refractivity contribution in [1.29, 1.82) is 0 Å². The highest BCUT2D eigenvalue weighted by molar-refractivity contribution is 9.10. The van der Waals surface area contributed by atoms with Crippen LogP contribution < -0.4 is 11.1 Å². The zero-order valence-electron chi connectivity index (χ0n) is 15.7. The van der Waals surface area contributed by atoms with Crippen LogP contribution in [0.25, 0.3) is 0 Å². The first-order chi connectivity index (χ1) is 13.4. The summed E-state index contributed by atoms with van der Waals surface area (Å²) in [6.07, 6.45) is 0. The van der Waals surface area contributed by atoms with Gasteiger partial charge < -0.3 is 11.1 Å². The summed E-state index contributed by atoms with van der Waals surface area (Å²) in [7, 11) is 0. The number of nitrogens with one attached hydrogen (secondary N) is 1. The van der Waals surface area contributed by atoms with Crippen LogP contribution in [-0.2, 0) is 0 Å². The Labute approximate surface area is 182 Å². The van der Waals surface area contributed by atoms with Gasteiger partial charge in [0.1, 0.15) is 0 Å². The average Bonchev–Trinajstić information content (AvgIpc) is 2.70. The number of hydrogen-bond acceptors (Lipinski definition) is 2. The van der Waals surface area contributed by atoms with Crippen molar-refractivity contribution in [2.75, 3.05) is 0 Å². The molecule has 0 aliphatic heterocycles. The van der Waals surface area contributed by atoms with Gasteiger partial charge in [0.25, 0.3) is 5.91 Å². The van der Waals surface area contributed by atoms with Gasteiger partial charge in [-0.2, -0.15) is 0 Å². The van der Waals surface area contributed by atoms with Crippen molar-refractivity contribution in [1.82, 2.24) is 5.32 Å². The second kappa shape index (κ2) is 9.03. The van der Waals surface area contributed by atoms with E-state index >= 15 is 0 Å². The summed E-state index contributed by atoms with van der Waals surface area (Å²) < 4.78 is 1.99. The topological polar surface area (TPSA) is 55.1 Å². The Morgan fingerprint density at radius 1 is 0.857 bits per heavy atom. The van der Waals surface area contributed by atoms with E-state index in [1.54, 1.807) is 12.1 Å². The van der Waals surface area contributed by atoms with Gasteiger partial charge in [0, 0.05) is 14.5 Å². The predicted octanol–water partition coefficient (Wildman–Crippen LogP) is 6.00. The van der Waals surface area contributed by atoms with Gasteiger partial charge in [0.05, 0.1) is 12.1 Å². The fourth-order valence-electron chi connectivity index (χ4n) is 3.01. The van der Waals surface area contributed by atoms with E-state index in [-0.39, 0.29) is 11.9 Å². The minimum absolute atomic E-state index is 0.149. The molecule has 3 N–H and O–H groups in total. The molecule has 0 spiro atoms. The van der Waals surface area contributed by atoms with Gasteiger partial charge in [0.15, 0.2) is 0 Å². The number of rotatable bonds is 5. The van der Waals surface area contributed by atoms with Gasteiger partial charge in [0.2, 0.25) is 0 Å². The van der Waals surface area contributed by atoms with E-state index in [9.17, 15) is 4.79 Å². The predicted molar refractivity (Wildman–Crippen MR) is 121 cm³/mol.